The van der Waals surface area contributed by atoms with Gasteiger partial charge < -0.3 is 0 Å². The Labute approximate surface area is 68.2 Å². The molecule has 2 nitrogen and oxygen atoms in total. The van der Waals surface area contributed by atoms with E-state index in [2.05, 4.69) is 12.0 Å². The topological polar surface area (TPSA) is 17.8 Å². The Hall–Kier alpha value is -0.790. The van der Waals surface area contributed by atoms with Gasteiger partial charge in [0.1, 0.15) is 0 Å². The van der Waals surface area contributed by atoms with Gasteiger partial charge in [0.05, 0.1) is 5.54 Å². The zero-order chi connectivity index (χ0) is 8.32. The van der Waals surface area contributed by atoms with E-state index in [1.54, 1.807) is 0 Å². The molecular formula is C9H16N2. The molecule has 0 unspecified atom stereocenters. The molecule has 1 aliphatic rings. The third-order valence-electron chi connectivity index (χ3n) is 2.03. The van der Waals surface area contributed by atoms with E-state index in [9.17, 15) is 0 Å². The molecule has 1 fully saturated rings. The molecule has 1 aliphatic carbocycles. The summed E-state index contributed by atoms with van der Waals surface area (Å²) < 4.78 is 2.05. The summed E-state index contributed by atoms with van der Waals surface area (Å²) in [4.78, 5) is 0. The minimum absolute atomic E-state index is 0.378. The first-order valence-corrected chi connectivity index (χ1v) is 4.31. The molecule has 1 saturated carbocycles. The van der Waals surface area contributed by atoms with Gasteiger partial charge in [0.15, 0.2) is 0 Å². The molecule has 0 aliphatic heterocycles. The van der Waals surface area contributed by atoms with Crippen LogP contribution < -0.4 is 0 Å². The lowest BCUT2D eigenvalue weighted by atomic mass is 10.3. The van der Waals surface area contributed by atoms with Gasteiger partial charge in [-0.2, -0.15) is 5.10 Å². The Balaban J connectivity index is 0.000000281. The highest BCUT2D eigenvalue weighted by Crippen LogP contribution is 2.41. The van der Waals surface area contributed by atoms with Crippen LogP contribution in [-0.4, -0.2) is 9.78 Å². The summed E-state index contributed by atoms with van der Waals surface area (Å²) in [5, 5.41) is 4.17. The van der Waals surface area contributed by atoms with E-state index < -0.39 is 0 Å². The van der Waals surface area contributed by atoms with Crippen molar-refractivity contribution in [1.29, 1.82) is 0 Å². The Morgan fingerprint density at radius 3 is 2.36 bits per heavy atom. The van der Waals surface area contributed by atoms with Crippen molar-refractivity contribution >= 4 is 0 Å². The van der Waals surface area contributed by atoms with Crippen LogP contribution in [0.3, 0.4) is 0 Å². The van der Waals surface area contributed by atoms with Gasteiger partial charge in [-0.3, -0.25) is 4.68 Å². The van der Waals surface area contributed by atoms with Crippen molar-refractivity contribution in [2.75, 3.05) is 0 Å². The normalized spacial score (nSPS) is 18.5. The minimum atomic E-state index is 0.378. The van der Waals surface area contributed by atoms with Gasteiger partial charge in [0, 0.05) is 12.4 Å². The Kier molecular flexibility index (Phi) is 2.32. The average Bonchev–Trinajstić information content (AvgIpc) is 2.59. The van der Waals surface area contributed by atoms with Crippen molar-refractivity contribution in [2.45, 2.75) is 39.2 Å². The molecule has 0 spiro atoms. The second-order valence-corrected chi connectivity index (χ2v) is 2.95. The molecule has 0 saturated heterocycles. The second-order valence-electron chi connectivity index (χ2n) is 2.95. The van der Waals surface area contributed by atoms with Crippen LogP contribution >= 0.6 is 0 Å². The second kappa shape index (κ2) is 3.07. The third-order valence-corrected chi connectivity index (χ3v) is 2.03. The van der Waals surface area contributed by atoms with Crippen LogP contribution in [0.15, 0.2) is 18.5 Å². The fraction of sp³-hybridized carbons (Fsp3) is 0.667. The summed E-state index contributed by atoms with van der Waals surface area (Å²) in [7, 11) is 0. The zero-order valence-electron chi connectivity index (χ0n) is 7.54. The predicted octanol–water partition coefficient (Wildman–Crippen LogP) is 2.42. The maximum Gasteiger partial charge on any atom is 0.0601 e. The van der Waals surface area contributed by atoms with Crippen LogP contribution in [0, 0.1) is 0 Å². The van der Waals surface area contributed by atoms with Gasteiger partial charge in [0.25, 0.3) is 0 Å². The summed E-state index contributed by atoms with van der Waals surface area (Å²) in [5.41, 5.74) is 0.378. The molecule has 1 aromatic rings. The highest BCUT2D eigenvalue weighted by molar-refractivity contribution is 4.97. The largest absolute Gasteiger partial charge is 0.267 e. The van der Waals surface area contributed by atoms with Gasteiger partial charge in [-0.25, -0.2) is 0 Å². The van der Waals surface area contributed by atoms with E-state index in [0.717, 1.165) is 0 Å². The molecule has 0 radical (unpaired) electrons. The van der Waals surface area contributed by atoms with Gasteiger partial charge in [0.2, 0.25) is 0 Å². The first-order valence-electron chi connectivity index (χ1n) is 4.31. The van der Waals surface area contributed by atoms with Crippen molar-refractivity contribution in [3.8, 4) is 0 Å². The standard InChI is InChI=1S/C7H10N2.C2H6/c1-7(3-4-7)9-6-2-5-8-9;1-2/h2,5-6H,3-4H2,1H3;1-2H3. The minimum Gasteiger partial charge on any atom is -0.267 e. The maximum absolute atomic E-state index is 4.17. The highest BCUT2D eigenvalue weighted by atomic mass is 15.3. The van der Waals surface area contributed by atoms with Crippen molar-refractivity contribution in [1.82, 2.24) is 9.78 Å². The van der Waals surface area contributed by atoms with Crippen LogP contribution in [0.5, 0.6) is 0 Å². The monoisotopic (exact) mass is 152 g/mol. The molecule has 0 bridgehead atoms. The van der Waals surface area contributed by atoms with Crippen molar-refractivity contribution in [3.05, 3.63) is 18.5 Å². The molecule has 0 amide bonds. The number of nitrogens with zero attached hydrogens (tertiary/aromatic N) is 2. The SMILES string of the molecule is CC.CC1(n2cccn2)CC1. The van der Waals surface area contributed by atoms with Crippen molar-refractivity contribution in [3.63, 3.8) is 0 Å². The van der Waals surface area contributed by atoms with E-state index in [-0.39, 0.29) is 0 Å². The van der Waals surface area contributed by atoms with Crippen LogP contribution in [0.25, 0.3) is 0 Å². The molecule has 1 heterocycles. The summed E-state index contributed by atoms with van der Waals surface area (Å²) in [6, 6.07) is 1.98. The van der Waals surface area contributed by atoms with Crippen LogP contribution in [-0.2, 0) is 5.54 Å². The fourth-order valence-electron chi connectivity index (χ4n) is 0.998. The number of hydrogen-bond donors (Lipinski definition) is 0. The van der Waals surface area contributed by atoms with E-state index >= 15 is 0 Å². The molecule has 0 N–H and O–H groups in total. The van der Waals surface area contributed by atoms with Gasteiger partial charge in [-0.1, -0.05) is 13.8 Å². The van der Waals surface area contributed by atoms with E-state index in [1.165, 1.54) is 12.8 Å². The van der Waals surface area contributed by atoms with Crippen LogP contribution in [0.4, 0.5) is 0 Å². The molecule has 11 heavy (non-hydrogen) atoms. The zero-order valence-corrected chi connectivity index (χ0v) is 7.54. The van der Waals surface area contributed by atoms with Gasteiger partial charge >= 0.3 is 0 Å². The van der Waals surface area contributed by atoms with Crippen LogP contribution in [0.2, 0.25) is 0 Å². The van der Waals surface area contributed by atoms with Gasteiger partial charge in [-0.05, 0) is 25.8 Å². The summed E-state index contributed by atoms with van der Waals surface area (Å²) in [6.45, 7) is 6.24. The molecular weight excluding hydrogens is 136 g/mol. The van der Waals surface area contributed by atoms with Gasteiger partial charge in [-0.15, -0.1) is 0 Å². The van der Waals surface area contributed by atoms with E-state index in [4.69, 9.17) is 0 Å². The molecule has 1 aromatic heterocycles. The Morgan fingerprint density at radius 1 is 1.36 bits per heavy atom. The number of rotatable bonds is 1. The summed E-state index contributed by atoms with van der Waals surface area (Å²) in [5.74, 6) is 0. The first kappa shape index (κ1) is 8.31. The van der Waals surface area contributed by atoms with E-state index in [1.807, 2.05) is 37.0 Å². The lowest BCUT2D eigenvalue weighted by Gasteiger charge is -2.06. The first-order chi connectivity index (χ1) is 5.31. The molecule has 0 aromatic carbocycles. The fourth-order valence-corrected chi connectivity index (χ4v) is 0.998. The highest BCUT2D eigenvalue weighted by Gasteiger charge is 2.39. The smallest absolute Gasteiger partial charge is 0.0601 e. The predicted molar refractivity (Wildman–Crippen MR) is 46.5 cm³/mol. The Bertz CT molecular complexity index is 197. The van der Waals surface area contributed by atoms with E-state index in [0.29, 0.717) is 5.54 Å². The van der Waals surface area contributed by atoms with Crippen molar-refractivity contribution in [2.24, 2.45) is 0 Å². The molecule has 0 atom stereocenters. The Morgan fingerprint density at radius 2 is 2.00 bits per heavy atom. The molecule has 2 rings (SSSR count). The van der Waals surface area contributed by atoms with Crippen LogP contribution in [0.1, 0.15) is 33.6 Å². The number of aromatic nitrogens is 2. The van der Waals surface area contributed by atoms with Crippen molar-refractivity contribution < 1.29 is 0 Å². The summed E-state index contributed by atoms with van der Waals surface area (Å²) >= 11 is 0. The lowest BCUT2D eigenvalue weighted by Crippen LogP contribution is -2.11. The quantitative estimate of drug-likeness (QED) is 0.604. The third kappa shape index (κ3) is 1.62. The summed E-state index contributed by atoms with van der Waals surface area (Å²) in [6.07, 6.45) is 6.44. The maximum atomic E-state index is 4.17. The number of hydrogen-bond acceptors (Lipinski definition) is 1. The molecule has 2 heteroatoms. The molecule has 62 valence electrons. The lowest BCUT2D eigenvalue weighted by molar-refractivity contribution is 0.473. The average molecular weight is 152 g/mol.